The molecule has 0 aliphatic rings. The minimum absolute atomic E-state index is 0.0663. The summed E-state index contributed by atoms with van der Waals surface area (Å²) in [5.41, 5.74) is 3.62. The van der Waals surface area contributed by atoms with Crippen LogP contribution in [0.4, 0.5) is 5.82 Å². The predicted octanol–water partition coefficient (Wildman–Crippen LogP) is 5.44. The molecule has 4 aromatic rings. The molecule has 2 heterocycles. The van der Waals surface area contributed by atoms with Gasteiger partial charge in [0.2, 0.25) is 5.91 Å². The highest BCUT2D eigenvalue weighted by Gasteiger charge is 2.14. The Balaban J connectivity index is 1.57. The molecule has 1 amide bonds. The van der Waals surface area contributed by atoms with E-state index in [1.165, 1.54) is 0 Å². The molecule has 138 valence electrons. The summed E-state index contributed by atoms with van der Waals surface area (Å²) in [6.45, 7) is 0. The largest absolute Gasteiger partial charge is 0.309 e. The molecule has 0 aliphatic carbocycles. The molecule has 0 saturated carbocycles. The first-order chi connectivity index (χ1) is 13.8. The fourth-order valence-electron chi connectivity index (χ4n) is 2.91. The Labute approximate surface area is 167 Å². The Hall–Kier alpha value is -3.31. The smallest absolute Gasteiger partial charge is 0.225 e. The van der Waals surface area contributed by atoms with Crippen molar-refractivity contribution in [1.29, 1.82) is 0 Å². The van der Waals surface area contributed by atoms with Gasteiger partial charge in [-0.05, 0) is 23.4 Å². The SMILES string of the molecule is O=C(CCc1ccccc1)Nc1ncc(-c2ccccc2)nc1-c1cccs1. The van der Waals surface area contributed by atoms with E-state index in [-0.39, 0.29) is 5.91 Å². The molecule has 28 heavy (non-hydrogen) atoms. The van der Waals surface area contributed by atoms with E-state index in [1.807, 2.05) is 78.2 Å². The molecule has 0 saturated heterocycles. The van der Waals surface area contributed by atoms with Gasteiger partial charge in [0, 0.05) is 12.0 Å². The zero-order chi connectivity index (χ0) is 19.2. The number of benzene rings is 2. The minimum atomic E-state index is -0.0663. The van der Waals surface area contributed by atoms with Crippen molar-refractivity contribution in [3.8, 4) is 21.8 Å². The number of rotatable bonds is 6. The molecule has 0 bridgehead atoms. The minimum Gasteiger partial charge on any atom is -0.309 e. The van der Waals surface area contributed by atoms with Gasteiger partial charge in [-0.3, -0.25) is 4.79 Å². The number of thiophene rings is 1. The Bertz CT molecular complexity index is 1050. The van der Waals surface area contributed by atoms with Crippen molar-refractivity contribution in [1.82, 2.24) is 9.97 Å². The Morgan fingerprint density at radius 3 is 2.39 bits per heavy atom. The van der Waals surface area contributed by atoms with Crippen molar-refractivity contribution in [2.24, 2.45) is 0 Å². The molecule has 2 aromatic heterocycles. The van der Waals surface area contributed by atoms with Crippen molar-refractivity contribution in [3.05, 3.63) is 89.9 Å². The standard InChI is InChI=1S/C23H19N3OS/c27-21(14-13-17-8-3-1-4-9-17)26-23-22(20-12-7-15-28-20)25-19(16-24-23)18-10-5-2-6-11-18/h1-12,15-16H,13-14H2,(H,24,26,27). The van der Waals surface area contributed by atoms with Gasteiger partial charge in [0.25, 0.3) is 0 Å². The maximum absolute atomic E-state index is 12.5. The lowest BCUT2D eigenvalue weighted by Crippen LogP contribution is -2.14. The summed E-state index contributed by atoms with van der Waals surface area (Å²) in [5, 5.41) is 4.94. The normalized spacial score (nSPS) is 10.6. The highest BCUT2D eigenvalue weighted by Crippen LogP contribution is 2.30. The molecule has 5 heteroatoms. The van der Waals surface area contributed by atoms with Gasteiger partial charge in [-0.25, -0.2) is 9.97 Å². The maximum atomic E-state index is 12.5. The van der Waals surface area contributed by atoms with Gasteiger partial charge in [-0.15, -0.1) is 11.3 Å². The maximum Gasteiger partial charge on any atom is 0.225 e. The van der Waals surface area contributed by atoms with Crippen LogP contribution >= 0.6 is 11.3 Å². The fourth-order valence-corrected chi connectivity index (χ4v) is 3.63. The summed E-state index contributed by atoms with van der Waals surface area (Å²) in [7, 11) is 0. The molecule has 0 atom stereocenters. The van der Waals surface area contributed by atoms with Crippen molar-refractivity contribution < 1.29 is 4.79 Å². The number of aryl methyl sites for hydroxylation is 1. The molecular weight excluding hydrogens is 366 g/mol. The molecule has 4 nitrogen and oxygen atoms in total. The highest BCUT2D eigenvalue weighted by atomic mass is 32.1. The van der Waals surface area contributed by atoms with Crippen LogP contribution in [0.5, 0.6) is 0 Å². The van der Waals surface area contributed by atoms with Gasteiger partial charge >= 0.3 is 0 Å². The molecule has 1 N–H and O–H groups in total. The van der Waals surface area contributed by atoms with E-state index < -0.39 is 0 Å². The Kier molecular flexibility index (Phi) is 5.54. The Morgan fingerprint density at radius 2 is 1.68 bits per heavy atom. The molecule has 2 aromatic carbocycles. The monoisotopic (exact) mass is 385 g/mol. The van der Waals surface area contributed by atoms with E-state index in [0.717, 1.165) is 21.7 Å². The summed E-state index contributed by atoms with van der Waals surface area (Å²) in [6, 6.07) is 23.9. The van der Waals surface area contributed by atoms with Crippen LogP contribution in [0.1, 0.15) is 12.0 Å². The first kappa shape index (κ1) is 18.1. The van der Waals surface area contributed by atoms with Crippen LogP contribution in [-0.2, 0) is 11.2 Å². The van der Waals surface area contributed by atoms with Crippen LogP contribution in [-0.4, -0.2) is 15.9 Å². The third-order valence-corrected chi connectivity index (χ3v) is 5.21. The fraction of sp³-hybridized carbons (Fsp3) is 0.0870. The van der Waals surface area contributed by atoms with Crippen molar-refractivity contribution in [2.45, 2.75) is 12.8 Å². The van der Waals surface area contributed by atoms with E-state index in [0.29, 0.717) is 24.4 Å². The van der Waals surface area contributed by atoms with Crippen LogP contribution < -0.4 is 5.32 Å². The lowest BCUT2D eigenvalue weighted by Gasteiger charge is -2.10. The summed E-state index contributed by atoms with van der Waals surface area (Å²) < 4.78 is 0. The third-order valence-electron chi connectivity index (χ3n) is 4.34. The van der Waals surface area contributed by atoms with Gasteiger partial charge < -0.3 is 5.32 Å². The van der Waals surface area contributed by atoms with E-state index in [1.54, 1.807) is 17.5 Å². The third kappa shape index (κ3) is 4.32. The van der Waals surface area contributed by atoms with E-state index in [9.17, 15) is 4.79 Å². The molecule has 0 radical (unpaired) electrons. The number of carbonyl (C=O) groups excluding carboxylic acids is 1. The van der Waals surface area contributed by atoms with Crippen LogP contribution in [0.3, 0.4) is 0 Å². The second-order valence-electron chi connectivity index (χ2n) is 6.33. The van der Waals surface area contributed by atoms with E-state index >= 15 is 0 Å². The average Bonchev–Trinajstić information content (AvgIpc) is 3.29. The summed E-state index contributed by atoms with van der Waals surface area (Å²) in [5.74, 6) is 0.434. The molecule has 0 spiro atoms. The summed E-state index contributed by atoms with van der Waals surface area (Å²) in [6.07, 6.45) is 2.80. The zero-order valence-corrected chi connectivity index (χ0v) is 16.0. The number of amides is 1. The van der Waals surface area contributed by atoms with Crippen LogP contribution in [0.15, 0.2) is 84.4 Å². The highest BCUT2D eigenvalue weighted by molar-refractivity contribution is 7.13. The van der Waals surface area contributed by atoms with Gasteiger partial charge in [0.1, 0.15) is 5.69 Å². The molecule has 0 aliphatic heterocycles. The van der Waals surface area contributed by atoms with Crippen LogP contribution in [0.2, 0.25) is 0 Å². The first-order valence-corrected chi connectivity index (χ1v) is 9.98. The summed E-state index contributed by atoms with van der Waals surface area (Å²) >= 11 is 1.58. The van der Waals surface area contributed by atoms with Gasteiger partial charge in [-0.1, -0.05) is 66.7 Å². The van der Waals surface area contributed by atoms with Crippen molar-refractivity contribution >= 4 is 23.1 Å². The lowest BCUT2D eigenvalue weighted by molar-refractivity contribution is -0.116. The topological polar surface area (TPSA) is 54.9 Å². The number of aromatic nitrogens is 2. The lowest BCUT2D eigenvalue weighted by atomic mass is 10.1. The van der Waals surface area contributed by atoms with Crippen molar-refractivity contribution in [2.75, 3.05) is 5.32 Å². The Morgan fingerprint density at radius 1 is 0.929 bits per heavy atom. The second kappa shape index (κ2) is 8.59. The number of hydrogen-bond donors (Lipinski definition) is 1. The number of nitrogens with zero attached hydrogens (tertiary/aromatic N) is 2. The molecule has 0 unspecified atom stereocenters. The number of anilines is 1. The predicted molar refractivity (Wildman–Crippen MR) is 114 cm³/mol. The first-order valence-electron chi connectivity index (χ1n) is 9.10. The van der Waals surface area contributed by atoms with Gasteiger partial charge in [-0.2, -0.15) is 0 Å². The molecular formula is C23H19N3OS. The van der Waals surface area contributed by atoms with E-state index in [4.69, 9.17) is 4.98 Å². The van der Waals surface area contributed by atoms with Crippen LogP contribution in [0.25, 0.3) is 21.8 Å². The van der Waals surface area contributed by atoms with E-state index in [2.05, 4.69) is 10.3 Å². The van der Waals surface area contributed by atoms with Crippen molar-refractivity contribution in [3.63, 3.8) is 0 Å². The average molecular weight is 385 g/mol. The van der Waals surface area contributed by atoms with Gasteiger partial charge in [0.15, 0.2) is 5.82 Å². The van der Waals surface area contributed by atoms with Gasteiger partial charge in [0.05, 0.1) is 16.8 Å². The second-order valence-corrected chi connectivity index (χ2v) is 7.28. The zero-order valence-electron chi connectivity index (χ0n) is 15.2. The van der Waals surface area contributed by atoms with Crippen LogP contribution in [0, 0.1) is 0 Å². The number of nitrogens with one attached hydrogen (secondary N) is 1. The molecule has 4 rings (SSSR count). The molecule has 0 fully saturated rings. The quantitative estimate of drug-likeness (QED) is 0.481. The number of hydrogen-bond acceptors (Lipinski definition) is 4. The summed E-state index contributed by atoms with van der Waals surface area (Å²) in [4.78, 5) is 22.8. The number of carbonyl (C=O) groups is 1.